The first-order valence-electron chi connectivity index (χ1n) is 6.42. The van der Waals surface area contributed by atoms with Gasteiger partial charge in [0.1, 0.15) is 5.41 Å². The van der Waals surface area contributed by atoms with Crippen LogP contribution in [-0.2, 0) is 14.6 Å². The molecule has 1 heterocycles. The summed E-state index contributed by atoms with van der Waals surface area (Å²) in [5.41, 5.74) is -0.274. The van der Waals surface area contributed by atoms with Gasteiger partial charge in [-0.1, -0.05) is 6.07 Å². The number of nitrogens with zero attached hydrogens (tertiary/aromatic N) is 1. The maximum absolute atomic E-state index is 12.0. The first kappa shape index (κ1) is 14.2. The van der Waals surface area contributed by atoms with Gasteiger partial charge in [-0.3, -0.25) is 0 Å². The molecule has 1 aromatic rings. The highest BCUT2D eigenvalue weighted by Gasteiger charge is 2.71. The first-order valence-corrected chi connectivity index (χ1v) is 8.38. The van der Waals surface area contributed by atoms with Crippen LogP contribution in [0.4, 0.5) is 0 Å². The van der Waals surface area contributed by atoms with Gasteiger partial charge in [-0.25, -0.2) is 8.42 Å². The second-order valence-electron chi connectivity index (χ2n) is 5.43. The number of benzene rings is 1. The van der Waals surface area contributed by atoms with E-state index in [1.54, 1.807) is 18.2 Å². The molecule has 7 heteroatoms. The molecule has 0 N–H and O–H groups in total. The van der Waals surface area contributed by atoms with E-state index in [-0.39, 0.29) is 13.4 Å². The Morgan fingerprint density at radius 1 is 1.43 bits per heavy atom. The topological polar surface area (TPSA) is 85.6 Å². The fourth-order valence-corrected chi connectivity index (χ4v) is 5.04. The average Bonchev–Trinajstić information content (AvgIpc) is 2.88. The average molecular weight is 309 g/mol. The van der Waals surface area contributed by atoms with Gasteiger partial charge in [-0.2, -0.15) is 5.26 Å². The third-order valence-electron chi connectivity index (χ3n) is 4.06. The number of fused-ring (bicyclic) bond motifs is 1. The molecule has 2 aliphatic rings. The van der Waals surface area contributed by atoms with Gasteiger partial charge in [0.05, 0.1) is 17.9 Å². The van der Waals surface area contributed by atoms with Crippen molar-refractivity contribution in [2.45, 2.75) is 11.2 Å². The molecular weight excluding hydrogens is 294 g/mol. The maximum Gasteiger partial charge on any atom is 0.231 e. The molecule has 1 aliphatic carbocycles. The zero-order chi connectivity index (χ0) is 15.3. The molecule has 0 bridgehead atoms. The molecule has 21 heavy (non-hydrogen) atoms. The number of methoxy groups -OCH3 is 1. The SMILES string of the molecule is COC[C@]1(C#N)[C@H](c2ccc3c(c2)OCO3)[C@@H]1S(C)(=O)=O. The summed E-state index contributed by atoms with van der Waals surface area (Å²) < 4.78 is 39.6. The molecule has 0 unspecified atom stereocenters. The van der Waals surface area contributed by atoms with Crippen molar-refractivity contribution in [3.63, 3.8) is 0 Å². The number of ether oxygens (including phenoxy) is 3. The van der Waals surface area contributed by atoms with E-state index in [1.807, 2.05) is 0 Å². The van der Waals surface area contributed by atoms with Crippen LogP contribution in [0.1, 0.15) is 11.5 Å². The van der Waals surface area contributed by atoms with Crippen LogP contribution in [0.5, 0.6) is 11.5 Å². The summed E-state index contributed by atoms with van der Waals surface area (Å²) in [6, 6.07) is 7.42. The fraction of sp³-hybridized carbons (Fsp3) is 0.500. The second kappa shape index (κ2) is 4.61. The quantitative estimate of drug-likeness (QED) is 0.827. The van der Waals surface area contributed by atoms with Gasteiger partial charge in [-0.15, -0.1) is 0 Å². The van der Waals surface area contributed by atoms with Crippen molar-refractivity contribution in [1.29, 1.82) is 5.26 Å². The molecular formula is C14H15NO5S. The third-order valence-corrected chi connectivity index (χ3v) is 5.68. The van der Waals surface area contributed by atoms with Crippen molar-refractivity contribution in [2.75, 3.05) is 26.8 Å². The van der Waals surface area contributed by atoms with E-state index in [0.717, 1.165) is 11.8 Å². The smallest absolute Gasteiger partial charge is 0.231 e. The van der Waals surface area contributed by atoms with Crippen LogP contribution >= 0.6 is 0 Å². The number of hydrogen-bond donors (Lipinski definition) is 0. The van der Waals surface area contributed by atoms with Crippen LogP contribution in [0.25, 0.3) is 0 Å². The largest absolute Gasteiger partial charge is 0.454 e. The summed E-state index contributed by atoms with van der Waals surface area (Å²) >= 11 is 0. The minimum absolute atomic E-state index is 0.0837. The minimum atomic E-state index is -3.36. The van der Waals surface area contributed by atoms with Crippen molar-refractivity contribution in [3.8, 4) is 17.6 Å². The summed E-state index contributed by atoms with van der Waals surface area (Å²) in [7, 11) is -1.89. The predicted molar refractivity (Wildman–Crippen MR) is 73.9 cm³/mol. The lowest BCUT2D eigenvalue weighted by atomic mass is 10.0. The van der Waals surface area contributed by atoms with Crippen LogP contribution in [0.3, 0.4) is 0 Å². The van der Waals surface area contributed by atoms with Gasteiger partial charge in [-0.05, 0) is 17.7 Å². The van der Waals surface area contributed by atoms with E-state index in [9.17, 15) is 13.7 Å². The van der Waals surface area contributed by atoms with Crippen molar-refractivity contribution in [1.82, 2.24) is 0 Å². The van der Waals surface area contributed by atoms with Crippen LogP contribution in [0.15, 0.2) is 18.2 Å². The third kappa shape index (κ3) is 2.06. The monoisotopic (exact) mass is 309 g/mol. The molecule has 1 saturated carbocycles. The molecule has 0 radical (unpaired) electrons. The highest BCUT2D eigenvalue weighted by molar-refractivity contribution is 7.91. The Labute approximate surface area is 123 Å². The van der Waals surface area contributed by atoms with E-state index in [2.05, 4.69) is 6.07 Å². The lowest BCUT2D eigenvalue weighted by molar-refractivity contribution is 0.162. The fourth-order valence-electron chi connectivity index (χ4n) is 3.19. The highest BCUT2D eigenvalue weighted by atomic mass is 32.2. The predicted octanol–water partition coefficient (Wildman–Crippen LogP) is 1.08. The Hall–Kier alpha value is -1.78. The van der Waals surface area contributed by atoms with E-state index in [1.165, 1.54) is 7.11 Å². The standard InChI is InChI=1S/C14H15NO5S/c1-18-7-14(6-15)12(13(14)21(2,16)17)9-3-4-10-11(5-9)20-8-19-10/h3-5,12-13H,7-8H2,1-2H3/t12-,13+,14-/m1/s1. The molecule has 1 aromatic carbocycles. The van der Waals surface area contributed by atoms with Gasteiger partial charge in [0, 0.05) is 19.3 Å². The molecule has 3 rings (SSSR count). The lowest BCUT2D eigenvalue weighted by Gasteiger charge is -2.07. The van der Waals surface area contributed by atoms with Gasteiger partial charge in [0.25, 0.3) is 0 Å². The van der Waals surface area contributed by atoms with Crippen molar-refractivity contribution < 1.29 is 22.6 Å². The molecule has 112 valence electrons. The van der Waals surface area contributed by atoms with Crippen molar-refractivity contribution >= 4 is 9.84 Å². The minimum Gasteiger partial charge on any atom is -0.454 e. The van der Waals surface area contributed by atoms with Crippen LogP contribution < -0.4 is 9.47 Å². The summed E-state index contributed by atoms with van der Waals surface area (Å²) in [6.07, 6.45) is 1.16. The van der Waals surface area contributed by atoms with Crippen LogP contribution in [0, 0.1) is 16.7 Å². The maximum atomic E-state index is 12.0. The Bertz CT molecular complexity index is 723. The van der Waals surface area contributed by atoms with E-state index in [0.29, 0.717) is 11.5 Å². The molecule has 6 nitrogen and oxygen atoms in total. The number of nitriles is 1. The molecule has 3 atom stereocenters. The molecule has 0 spiro atoms. The summed E-state index contributed by atoms with van der Waals surface area (Å²) in [6.45, 7) is 0.237. The molecule has 0 amide bonds. The Morgan fingerprint density at radius 2 is 2.14 bits per heavy atom. The number of rotatable bonds is 4. The molecule has 1 fully saturated rings. The molecule has 1 aliphatic heterocycles. The van der Waals surface area contributed by atoms with E-state index < -0.39 is 26.4 Å². The summed E-state index contributed by atoms with van der Waals surface area (Å²) in [5, 5.41) is 8.74. The second-order valence-corrected chi connectivity index (χ2v) is 7.59. The zero-order valence-electron chi connectivity index (χ0n) is 11.7. The van der Waals surface area contributed by atoms with Crippen molar-refractivity contribution in [3.05, 3.63) is 23.8 Å². The van der Waals surface area contributed by atoms with Gasteiger partial charge >= 0.3 is 0 Å². The lowest BCUT2D eigenvalue weighted by Crippen LogP contribution is -2.17. The van der Waals surface area contributed by atoms with E-state index >= 15 is 0 Å². The molecule has 0 aromatic heterocycles. The summed E-state index contributed by atoms with van der Waals surface area (Å²) in [4.78, 5) is 0. The van der Waals surface area contributed by atoms with Crippen LogP contribution in [-0.4, -0.2) is 40.4 Å². The van der Waals surface area contributed by atoms with Gasteiger partial charge in [0.15, 0.2) is 21.3 Å². The summed E-state index contributed by atoms with van der Waals surface area (Å²) in [5.74, 6) is 0.799. The highest BCUT2D eigenvalue weighted by Crippen LogP contribution is 2.63. The van der Waals surface area contributed by atoms with Crippen LogP contribution in [0.2, 0.25) is 0 Å². The van der Waals surface area contributed by atoms with Crippen molar-refractivity contribution in [2.24, 2.45) is 5.41 Å². The Kier molecular flexibility index (Phi) is 3.11. The zero-order valence-corrected chi connectivity index (χ0v) is 12.5. The first-order chi connectivity index (χ1) is 9.94. The molecule has 0 saturated heterocycles. The Balaban J connectivity index is 2.03. The number of sulfone groups is 1. The van der Waals surface area contributed by atoms with Gasteiger partial charge in [0.2, 0.25) is 6.79 Å². The van der Waals surface area contributed by atoms with Gasteiger partial charge < -0.3 is 14.2 Å². The van der Waals surface area contributed by atoms with E-state index in [4.69, 9.17) is 14.2 Å². The Morgan fingerprint density at radius 3 is 2.76 bits per heavy atom. The normalized spacial score (nSPS) is 30.0. The number of hydrogen-bond acceptors (Lipinski definition) is 6.